The SMILES string of the molecule is CC1=CCCC(C)(C)[C@H]1C=CPC=CC1=C(C)C[C@@H](O)CC1(C)C. The summed E-state index contributed by atoms with van der Waals surface area (Å²) in [6, 6.07) is 0. The van der Waals surface area contributed by atoms with Crippen molar-refractivity contribution in [2.24, 2.45) is 16.7 Å². The summed E-state index contributed by atoms with van der Waals surface area (Å²) >= 11 is 0. The Morgan fingerprint density at radius 3 is 2.50 bits per heavy atom. The second-order valence-corrected chi connectivity index (χ2v) is 9.95. The summed E-state index contributed by atoms with van der Waals surface area (Å²) in [5, 5.41) is 9.99. The first kappa shape index (κ1) is 19.7. The Bertz CT molecular complexity index is 575. The minimum Gasteiger partial charge on any atom is -0.393 e. The standard InChI is InChI=1S/C22H35OP/c1-16-8-7-11-21(3,4)19(16)9-12-24-13-10-20-17(2)14-18(23)15-22(20,5)6/h8-10,12-13,18-19,23-24H,7,11,14-15H2,1-6H3/t18-,19+/m1/s1. The summed E-state index contributed by atoms with van der Waals surface area (Å²) in [6.45, 7) is 13.7. The van der Waals surface area contributed by atoms with Gasteiger partial charge in [0.15, 0.2) is 0 Å². The fourth-order valence-corrected chi connectivity index (χ4v) is 5.18. The zero-order valence-electron chi connectivity index (χ0n) is 16.3. The topological polar surface area (TPSA) is 20.2 Å². The second kappa shape index (κ2) is 7.71. The van der Waals surface area contributed by atoms with Crippen LogP contribution in [0.1, 0.15) is 67.2 Å². The number of hydrogen-bond acceptors (Lipinski definition) is 1. The van der Waals surface area contributed by atoms with Crippen LogP contribution in [-0.2, 0) is 0 Å². The Morgan fingerprint density at radius 2 is 1.88 bits per heavy atom. The molecule has 0 aromatic heterocycles. The van der Waals surface area contributed by atoms with Gasteiger partial charge in [-0.1, -0.05) is 77.3 Å². The van der Waals surface area contributed by atoms with Gasteiger partial charge in [0.05, 0.1) is 6.10 Å². The average molecular weight is 346 g/mol. The van der Waals surface area contributed by atoms with Crippen LogP contribution in [0.4, 0.5) is 0 Å². The van der Waals surface area contributed by atoms with Crippen molar-refractivity contribution < 1.29 is 5.11 Å². The zero-order valence-corrected chi connectivity index (χ0v) is 17.3. The minimum atomic E-state index is -0.178. The lowest BCUT2D eigenvalue weighted by Crippen LogP contribution is -2.28. The molecule has 3 atom stereocenters. The monoisotopic (exact) mass is 346 g/mol. The van der Waals surface area contributed by atoms with Crippen molar-refractivity contribution in [3.63, 3.8) is 0 Å². The maximum atomic E-state index is 9.99. The molecule has 134 valence electrons. The van der Waals surface area contributed by atoms with E-state index in [1.165, 1.54) is 29.6 Å². The molecule has 0 bridgehead atoms. The Hall–Kier alpha value is -0.650. The van der Waals surface area contributed by atoms with Crippen molar-refractivity contribution in [3.05, 3.63) is 46.6 Å². The molecule has 0 saturated heterocycles. The van der Waals surface area contributed by atoms with Crippen molar-refractivity contribution >= 4 is 8.58 Å². The van der Waals surface area contributed by atoms with Gasteiger partial charge in [-0.25, -0.2) is 0 Å². The van der Waals surface area contributed by atoms with Gasteiger partial charge in [0.25, 0.3) is 0 Å². The quantitative estimate of drug-likeness (QED) is 0.451. The van der Waals surface area contributed by atoms with Gasteiger partial charge < -0.3 is 5.11 Å². The number of aliphatic hydroxyl groups excluding tert-OH is 1. The third-order valence-corrected chi connectivity index (χ3v) is 6.54. The second-order valence-electron chi connectivity index (χ2n) is 8.95. The molecule has 0 aliphatic heterocycles. The lowest BCUT2D eigenvalue weighted by atomic mass is 9.69. The van der Waals surface area contributed by atoms with Crippen molar-refractivity contribution in [1.29, 1.82) is 0 Å². The van der Waals surface area contributed by atoms with Gasteiger partial charge in [-0.05, 0) is 55.9 Å². The van der Waals surface area contributed by atoms with Crippen LogP contribution >= 0.6 is 8.58 Å². The van der Waals surface area contributed by atoms with Crippen molar-refractivity contribution in [2.45, 2.75) is 73.3 Å². The van der Waals surface area contributed by atoms with Crippen LogP contribution in [0.15, 0.2) is 46.6 Å². The zero-order chi connectivity index (χ0) is 18.0. The summed E-state index contributed by atoms with van der Waals surface area (Å²) in [4.78, 5) is 0. The highest BCUT2D eigenvalue weighted by Gasteiger charge is 2.32. The highest BCUT2D eigenvalue weighted by Crippen LogP contribution is 2.43. The fraction of sp³-hybridized carbons (Fsp3) is 0.636. The van der Waals surface area contributed by atoms with E-state index >= 15 is 0 Å². The smallest absolute Gasteiger partial charge is 0.0585 e. The van der Waals surface area contributed by atoms with E-state index in [2.05, 4.69) is 71.4 Å². The van der Waals surface area contributed by atoms with Gasteiger partial charge in [-0.2, -0.15) is 0 Å². The number of hydrogen-bond donors (Lipinski definition) is 1. The summed E-state index contributed by atoms with van der Waals surface area (Å²) in [5.74, 6) is 5.24. The molecule has 0 radical (unpaired) electrons. The Kier molecular flexibility index (Phi) is 6.32. The van der Waals surface area contributed by atoms with Crippen molar-refractivity contribution in [1.82, 2.24) is 0 Å². The number of aliphatic hydroxyl groups is 1. The predicted octanol–water partition coefficient (Wildman–Crippen LogP) is 6.57. The van der Waals surface area contributed by atoms with Crippen LogP contribution < -0.4 is 0 Å². The van der Waals surface area contributed by atoms with Gasteiger partial charge in [0, 0.05) is 5.92 Å². The third kappa shape index (κ3) is 4.70. The van der Waals surface area contributed by atoms with Crippen LogP contribution in [0.25, 0.3) is 0 Å². The normalized spacial score (nSPS) is 30.7. The third-order valence-electron chi connectivity index (χ3n) is 5.80. The summed E-state index contributed by atoms with van der Waals surface area (Å²) in [7, 11) is 0.721. The lowest BCUT2D eigenvalue weighted by molar-refractivity contribution is 0.116. The molecular formula is C22H35OP. The first-order valence-corrected chi connectivity index (χ1v) is 10.4. The molecule has 0 amide bonds. The molecule has 0 fully saturated rings. The molecule has 2 heteroatoms. The summed E-state index contributed by atoms with van der Waals surface area (Å²) in [5.41, 5.74) is 4.75. The van der Waals surface area contributed by atoms with Gasteiger partial charge >= 0.3 is 0 Å². The minimum absolute atomic E-state index is 0.0805. The van der Waals surface area contributed by atoms with Crippen molar-refractivity contribution in [3.8, 4) is 0 Å². The average Bonchev–Trinajstić information content (AvgIpc) is 2.42. The number of allylic oxidation sites excluding steroid dienone is 5. The van der Waals surface area contributed by atoms with E-state index in [-0.39, 0.29) is 11.5 Å². The molecule has 1 N–H and O–H groups in total. The molecule has 1 nitrogen and oxygen atoms in total. The summed E-state index contributed by atoms with van der Waals surface area (Å²) in [6.07, 6.45) is 11.1. The molecular weight excluding hydrogens is 311 g/mol. The van der Waals surface area contributed by atoms with Crippen LogP contribution in [0.3, 0.4) is 0 Å². The molecule has 2 rings (SSSR count). The van der Waals surface area contributed by atoms with Gasteiger partial charge in [0.1, 0.15) is 0 Å². The van der Waals surface area contributed by atoms with Gasteiger partial charge in [-0.15, -0.1) is 0 Å². The first-order valence-electron chi connectivity index (χ1n) is 9.28. The van der Waals surface area contributed by atoms with E-state index in [0.29, 0.717) is 11.3 Å². The fourth-order valence-electron chi connectivity index (χ4n) is 4.50. The molecule has 0 heterocycles. The molecule has 1 unspecified atom stereocenters. The molecule has 0 spiro atoms. The van der Waals surface area contributed by atoms with E-state index in [1.54, 1.807) is 0 Å². The van der Waals surface area contributed by atoms with Crippen LogP contribution in [0.5, 0.6) is 0 Å². The molecule has 0 aromatic carbocycles. The molecule has 2 aliphatic carbocycles. The largest absolute Gasteiger partial charge is 0.393 e. The molecule has 0 aromatic rings. The van der Waals surface area contributed by atoms with E-state index in [9.17, 15) is 5.11 Å². The van der Waals surface area contributed by atoms with Gasteiger partial charge in [0.2, 0.25) is 0 Å². The van der Waals surface area contributed by atoms with Gasteiger partial charge in [-0.3, -0.25) is 0 Å². The Morgan fingerprint density at radius 1 is 1.17 bits per heavy atom. The Labute approximate surface area is 150 Å². The highest BCUT2D eigenvalue weighted by atomic mass is 31.1. The van der Waals surface area contributed by atoms with E-state index in [4.69, 9.17) is 0 Å². The molecule has 2 aliphatic rings. The maximum absolute atomic E-state index is 9.99. The molecule has 24 heavy (non-hydrogen) atoms. The van der Waals surface area contributed by atoms with E-state index in [0.717, 1.165) is 21.4 Å². The van der Waals surface area contributed by atoms with Crippen LogP contribution in [-0.4, -0.2) is 11.2 Å². The maximum Gasteiger partial charge on any atom is 0.0585 e. The van der Waals surface area contributed by atoms with Crippen LogP contribution in [0.2, 0.25) is 0 Å². The van der Waals surface area contributed by atoms with E-state index < -0.39 is 0 Å². The van der Waals surface area contributed by atoms with Crippen LogP contribution in [0, 0.1) is 16.7 Å². The lowest BCUT2D eigenvalue weighted by Gasteiger charge is -2.36. The Balaban J connectivity index is 2.01. The highest BCUT2D eigenvalue weighted by molar-refractivity contribution is 7.45. The summed E-state index contributed by atoms with van der Waals surface area (Å²) < 4.78 is 0. The van der Waals surface area contributed by atoms with E-state index in [1.807, 2.05) is 0 Å². The first-order chi connectivity index (χ1) is 11.1. The molecule has 0 saturated carbocycles. The number of rotatable bonds is 4. The predicted molar refractivity (Wildman–Crippen MR) is 109 cm³/mol. The van der Waals surface area contributed by atoms with Crippen molar-refractivity contribution in [2.75, 3.05) is 0 Å².